The van der Waals surface area contributed by atoms with Gasteiger partial charge in [0.15, 0.2) is 0 Å². The number of phenols is 1. The maximum Gasteiger partial charge on any atom is 0.144 e. The van der Waals surface area contributed by atoms with Gasteiger partial charge in [-0.25, -0.2) is 4.98 Å². The number of aromatic nitrogens is 2. The largest absolute Gasteiger partial charge is 0.506 e. The summed E-state index contributed by atoms with van der Waals surface area (Å²) in [4.78, 5) is 4.68. The highest BCUT2D eigenvalue weighted by Crippen LogP contribution is 2.36. The van der Waals surface area contributed by atoms with Gasteiger partial charge < -0.3 is 9.67 Å². The Bertz CT molecular complexity index is 845. The van der Waals surface area contributed by atoms with E-state index in [0.717, 1.165) is 36.1 Å². The molecule has 0 saturated heterocycles. The predicted octanol–water partition coefficient (Wildman–Crippen LogP) is 5.29. The molecule has 3 nitrogen and oxygen atoms in total. The van der Waals surface area contributed by atoms with Crippen LogP contribution in [0, 0.1) is 7.14 Å². The molecule has 0 atom stereocenters. The third kappa shape index (κ3) is 2.75. The van der Waals surface area contributed by atoms with Crippen molar-refractivity contribution in [1.82, 2.24) is 9.55 Å². The first-order chi connectivity index (χ1) is 10.0. The zero-order valence-corrected chi connectivity index (χ0v) is 16.1. The molecule has 0 unspecified atom stereocenters. The zero-order chi connectivity index (χ0) is 15.1. The summed E-state index contributed by atoms with van der Waals surface area (Å²) in [6, 6.07) is 9.54. The Morgan fingerprint density at radius 2 is 2.00 bits per heavy atom. The van der Waals surface area contributed by atoms with Gasteiger partial charge in [-0.2, -0.15) is 0 Å². The van der Waals surface area contributed by atoms with Crippen molar-refractivity contribution in [1.29, 1.82) is 0 Å². The third-order valence-corrected chi connectivity index (χ3v) is 4.98. The fourth-order valence-electron chi connectivity index (χ4n) is 2.36. The number of benzene rings is 2. The summed E-state index contributed by atoms with van der Waals surface area (Å²) in [7, 11) is 0. The summed E-state index contributed by atoms with van der Waals surface area (Å²) in [6.45, 7) is 2.81. The highest BCUT2D eigenvalue weighted by molar-refractivity contribution is 14.1. The van der Waals surface area contributed by atoms with Gasteiger partial charge in [-0.15, -0.1) is 0 Å². The molecule has 1 N–H and O–H groups in total. The zero-order valence-electron chi connectivity index (χ0n) is 11.1. The predicted molar refractivity (Wildman–Crippen MR) is 103 cm³/mol. The van der Waals surface area contributed by atoms with Crippen LogP contribution in [0.2, 0.25) is 5.02 Å². The van der Waals surface area contributed by atoms with E-state index < -0.39 is 0 Å². The van der Waals surface area contributed by atoms with Gasteiger partial charge in [0.05, 0.1) is 20.2 Å². The standard InChI is InChI=1S/C15H11ClI2N2O/c1-2-20-13-5-8(16)3-4-12(13)19-15(20)10-6-9(17)7-11(18)14(10)21/h3-7,21H,2H2,1H3. The Morgan fingerprint density at radius 3 is 2.71 bits per heavy atom. The average Bonchev–Trinajstić information content (AvgIpc) is 2.80. The minimum atomic E-state index is 0.270. The van der Waals surface area contributed by atoms with E-state index in [1.807, 2.05) is 30.3 Å². The van der Waals surface area contributed by atoms with Crippen LogP contribution in [0.25, 0.3) is 22.4 Å². The van der Waals surface area contributed by atoms with E-state index in [1.54, 1.807) is 0 Å². The number of halogens is 3. The molecule has 0 aliphatic heterocycles. The van der Waals surface area contributed by atoms with E-state index in [9.17, 15) is 5.11 Å². The van der Waals surface area contributed by atoms with Gasteiger partial charge in [0.1, 0.15) is 11.6 Å². The summed E-state index contributed by atoms with van der Waals surface area (Å²) < 4.78 is 3.96. The van der Waals surface area contributed by atoms with Crippen molar-refractivity contribution >= 4 is 67.8 Å². The van der Waals surface area contributed by atoms with Crippen LogP contribution in [0.15, 0.2) is 30.3 Å². The van der Waals surface area contributed by atoms with Crippen molar-refractivity contribution in [3.8, 4) is 17.1 Å². The van der Waals surface area contributed by atoms with Crippen molar-refractivity contribution in [3.63, 3.8) is 0 Å². The first-order valence-electron chi connectivity index (χ1n) is 6.35. The van der Waals surface area contributed by atoms with Crippen LogP contribution in [-0.4, -0.2) is 14.7 Å². The summed E-state index contributed by atoms with van der Waals surface area (Å²) in [5.41, 5.74) is 2.61. The van der Waals surface area contributed by atoms with E-state index in [4.69, 9.17) is 11.6 Å². The number of nitrogens with zero attached hydrogens (tertiary/aromatic N) is 2. The summed E-state index contributed by atoms with van der Waals surface area (Å²) in [5, 5.41) is 11.1. The van der Waals surface area contributed by atoms with Crippen LogP contribution in [0.3, 0.4) is 0 Å². The minimum absolute atomic E-state index is 0.270. The van der Waals surface area contributed by atoms with Crippen LogP contribution in [0.4, 0.5) is 0 Å². The number of aryl methyl sites for hydroxylation is 1. The first-order valence-corrected chi connectivity index (χ1v) is 8.89. The van der Waals surface area contributed by atoms with E-state index in [1.165, 1.54) is 0 Å². The van der Waals surface area contributed by atoms with E-state index >= 15 is 0 Å². The number of aromatic hydroxyl groups is 1. The number of rotatable bonds is 2. The van der Waals surface area contributed by atoms with Crippen LogP contribution >= 0.6 is 56.8 Å². The molecule has 2 aromatic carbocycles. The number of fused-ring (bicyclic) bond motifs is 1. The quantitative estimate of drug-likeness (QED) is 0.463. The molecule has 3 aromatic rings. The first kappa shape index (κ1) is 15.4. The molecule has 6 heteroatoms. The van der Waals surface area contributed by atoms with Crippen LogP contribution < -0.4 is 0 Å². The van der Waals surface area contributed by atoms with Crippen molar-refractivity contribution in [2.45, 2.75) is 13.5 Å². The minimum Gasteiger partial charge on any atom is -0.506 e. The lowest BCUT2D eigenvalue weighted by atomic mass is 10.2. The second kappa shape index (κ2) is 5.92. The van der Waals surface area contributed by atoms with Gasteiger partial charge in [-0.05, 0) is 82.4 Å². The second-order valence-electron chi connectivity index (χ2n) is 4.60. The van der Waals surface area contributed by atoms with Crippen LogP contribution in [0.5, 0.6) is 5.75 Å². The molecule has 1 aromatic heterocycles. The Hall–Kier alpha value is -0.540. The summed E-state index contributed by atoms with van der Waals surface area (Å²) in [6.07, 6.45) is 0. The van der Waals surface area contributed by atoms with Crippen LogP contribution in [-0.2, 0) is 6.54 Å². The Kier molecular flexibility index (Phi) is 4.33. The topological polar surface area (TPSA) is 38.0 Å². The van der Waals surface area contributed by atoms with Crippen molar-refractivity contribution in [2.24, 2.45) is 0 Å². The number of phenolic OH excluding ortho intramolecular Hbond substituents is 1. The lowest BCUT2D eigenvalue weighted by molar-refractivity contribution is 0.472. The van der Waals surface area contributed by atoms with Crippen molar-refractivity contribution < 1.29 is 5.11 Å². The molecule has 0 bridgehead atoms. The number of imidazole rings is 1. The second-order valence-corrected chi connectivity index (χ2v) is 7.44. The number of hydrogen-bond donors (Lipinski definition) is 1. The van der Waals surface area contributed by atoms with Gasteiger partial charge in [0.2, 0.25) is 0 Å². The smallest absolute Gasteiger partial charge is 0.144 e. The van der Waals surface area contributed by atoms with Crippen LogP contribution in [0.1, 0.15) is 6.92 Å². The molecular weight excluding hydrogens is 513 g/mol. The average molecular weight is 525 g/mol. The lowest BCUT2D eigenvalue weighted by Gasteiger charge is -2.10. The highest BCUT2D eigenvalue weighted by atomic mass is 127. The lowest BCUT2D eigenvalue weighted by Crippen LogP contribution is -1.98. The maximum atomic E-state index is 10.4. The monoisotopic (exact) mass is 524 g/mol. The molecule has 0 fully saturated rings. The number of hydrogen-bond acceptors (Lipinski definition) is 2. The van der Waals surface area contributed by atoms with E-state index in [0.29, 0.717) is 5.02 Å². The highest BCUT2D eigenvalue weighted by Gasteiger charge is 2.17. The molecule has 0 saturated carbocycles. The molecule has 21 heavy (non-hydrogen) atoms. The van der Waals surface area contributed by atoms with Crippen molar-refractivity contribution in [3.05, 3.63) is 42.5 Å². The molecule has 0 amide bonds. The van der Waals surface area contributed by atoms with Gasteiger partial charge >= 0.3 is 0 Å². The molecule has 0 radical (unpaired) electrons. The van der Waals surface area contributed by atoms with Gasteiger partial charge in [-0.1, -0.05) is 11.6 Å². The Balaban J connectivity index is 2.35. The van der Waals surface area contributed by atoms with Gasteiger partial charge in [0, 0.05) is 15.1 Å². The summed E-state index contributed by atoms with van der Waals surface area (Å²) in [5.74, 6) is 1.04. The fraction of sp³-hybridized carbons (Fsp3) is 0.133. The molecule has 0 aliphatic carbocycles. The molecule has 3 rings (SSSR count). The van der Waals surface area contributed by atoms with Gasteiger partial charge in [0.25, 0.3) is 0 Å². The molecule has 0 spiro atoms. The van der Waals surface area contributed by atoms with E-state index in [2.05, 4.69) is 61.7 Å². The molecular formula is C15H11ClI2N2O. The van der Waals surface area contributed by atoms with E-state index in [-0.39, 0.29) is 5.75 Å². The molecule has 1 heterocycles. The van der Waals surface area contributed by atoms with Crippen molar-refractivity contribution in [2.75, 3.05) is 0 Å². The Morgan fingerprint density at radius 1 is 1.24 bits per heavy atom. The molecule has 108 valence electrons. The Labute approximate surface area is 154 Å². The third-order valence-electron chi connectivity index (χ3n) is 3.30. The normalized spacial score (nSPS) is 11.2. The van der Waals surface area contributed by atoms with Gasteiger partial charge in [-0.3, -0.25) is 0 Å². The summed E-state index contributed by atoms with van der Waals surface area (Å²) >= 11 is 10.5. The maximum absolute atomic E-state index is 10.4. The molecule has 0 aliphatic rings. The fourth-order valence-corrected chi connectivity index (χ4v) is 4.37. The SMILES string of the molecule is CCn1c(-c2cc(I)cc(I)c2O)nc2ccc(Cl)cc21.